The van der Waals surface area contributed by atoms with Crippen molar-refractivity contribution in [1.29, 1.82) is 0 Å². The fraction of sp³-hybridized carbons (Fsp3) is 0.250. The number of rotatable bonds is 9. The van der Waals surface area contributed by atoms with Gasteiger partial charge in [-0.3, -0.25) is 4.79 Å². The van der Waals surface area contributed by atoms with Gasteiger partial charge in [-0.2, -0.15) is 0 Å². The van der Waals surface area contributed by atoms with E-state index in [2.05, 4.69) is 15.5 Å². The van der Waals surface area contributed by atoms with Crippen LogP contribution in [0.3, 0.4) is 0 Å². The van der Waals surface area contributed by atoms with Crippen molar-refractivity contribution in [2.75, 3.05) is 6.61 Å². The van der Waals surface area contributed by atoms with E-state index in [0.717, 1.165) is 40.7 Å². The van der Waals surface area contributed by atoms with Crippen LogP contribution in [-0.2, 0) is 21.5 Å². The van der Waals surface area contributed by atoms with Gasteiger partial charge in [0.2, 0.25) is 0 Å². The SMILES string of the molecule is CCOC(=O)C1(c2ccc(-c3ccc(-c4onc(C)c4C(O)c4cn(Cc5ccc(Cl)c(Cl)c5)nn4)cc3)cc2)CC1. The Morgan fingerprint density at radius 3 is 2.33 bits per heavy atom. The zero-order valence-corrected chi connectivity index (χ0v) is 24.6. The monoisotopic (exact) mass is 602 g/mol. The number of aliphatic hydroxyl groups is 1. The Balaban J connectivity index is 1.20. The molecule has 8 nitrogen and oxygen atoms in total. The van der Waals surface area contributed by atoms with Crippen molar-refractivity contribution in [2.45, 2.75) is 44.8 Å². The Morgan fingerprint density at radius 2 is 1.69 bits per heavy atom. The Kier molecular flexibility index (Phi) is 7.62. The Morgan fingerprint density at radius 1 is 1.02 bits per heavy atom. The van der Waals surface area contributed by atoms with Crippen LogP contribution in [0.25, 0.3) is 22.5 Å². The summed E-state index contributed by atoms with van der Waals surface area (Å²) in [6.07, 6.45) is 2.23. The van der Waals surface area contributed by atoms with Crippen LogP contribution in [0.15, 0.2) is 77.4 Å². The summed E-state index contributed by atoms with van der Waals surface area (Å²) < 4.78 is 12.6. The van der Waals surface area contributed by atoms with Gasteiger partial charge in [0.25, 0.3) is 0 Å². The molecule has 1 aliphatic rings. The van der Waals surface area contributed by atoms with Crippen LogP contribution in [0.1, 0.15) is 53.9 Å². The summed E-state index contributed by atoms with van der Waals surface area (Å²) in [5.41, 5.74) is 5.67. The largest absolute Gasteiger partial charge is 0.465 e. The number of hydrogen-bond acceptors (Lipinski definition) is 7. The molecule has 42 heavy (non-hydrogen) atoms. The highest BCUT2D eigenvalue weighted by molar-refractivity contribution is 6.42. The highest BCUT2D eigenvalue weighted by atomic mass is 35.5. The number of benzene rings is 3. The minimum atomic E-state index is -1.09. The lowest BCUT2D eigenvalue weighted by molar-refractivity contribution is -0.146. The number of aromatic nitrogens is 4. The molecule has 0 amide bonds. The standard InChI is InChI=1S/C32H28Cl2N4O4/c1-3-41-31(40)32(14-15-32)24-11-9-22(10-12-24)21-5-7-23(8-6-21)30-28(19(2)36-42-30)29(39)27-18-38(37-35-27)17-20-4-13-25(33)26(34)16-20/h4-13,16,18,29,39H,3,14-15,17H2,1-2H3. The van der Waals surface area contributed by atoms with Crippen LogP contribution in [0.5, 0.6) is 0 Å². The van der Waals surface area contributed by atoms with Crippen LogP contribution < -0.4 is 0 Å². The molecule has 1 aliphatic carbocycles. The molecule has 0 aliphatic heterocycles. The van der Waals surface area contributed by atoms with Crippen LogP contribution in [0.4, 0.5) is 0 Å². The van der Waals surface area contributed by atoms with E-state index in [0.29, 0.717) is 45.9 Å². The molecule has 2 heterocycles. The quantitative estimate of drug-likeness (QED) is 0.182. The number of aryl methyl sites for hydroxylation is 1. The second kappa shape index (κ2) is 11.4. The number of carbonyl (C=O) groups is 1. The minimum Gasteiger partial charge on any atom is -0.465 e. The van der Waals surface area contributed by atoms with Gasteiger partial charge in [-0.25, -0.2) is 4.68 Å². The van der Waals surface area contributed by atoms with Gasteiger partial charge in [0.05, 0.1) is 46.1 Å². The number of halogens is 2. The zero-order valence-electron chi connectivity index (χ0n) is 23.1. The molecular weight excluding hydrogens is 575 g/mol. The molecule has 1 unspecified atom stereocenters. The van der Waals surface area contributed by atoms with Crippen molar-refractivity contribution in [2.24, 2.45) is 0 Å². The maximum Gasteiger partial charge on any atom is 0.316 e. The third-order valence-corrected chi connectivity index (χ3v) is 8.42. The van der Waals surface area contributed by atoms with Crippen molar-refractivity contribution >= 4 is 29.2 Å². The Hall–Kier alpha value is -3.98. The fourth-order valence-electron chi connectivity index (χ4n) is 5.20. The maximum atomic E-state index is 12.4. The normalized spacial score (nSPS) is 14.5. The first-order valence-corrected chi connectivity index (χ1v) is 14.4. The summed E-state index contributed by atoms with van der Waals surface area (Å²) in [6, 6.07) is 21.3. The second-order valence-corrected chi connectivity index (χ2v) is 11.3. The molecule has 0 saturated heterocycles. The van der Waals surface area contributed by atoms with Gasteiger partial charge >= 0.3 is 5.97 Å². The minimum absolute atomic E-state index is 0.142. The Labute approximate surface area is 252 Å². The first-order valence-electron chi connectivity index (χ1n) is 13.7. The highest BCUT2D eigenvalue weighted by Crippen LogP contribution is 2.49. The molecule has 1 N–H and O–H groups in total. The number of esters is 1. The van der Waals surface area contributed by atoms with Crippen molar-refractivity contribution < 1.29 is 19.2 Å². The van der Waals surface area contributed by atoms with Gasteiger partial charge in [0.15, 0.2) is 5.76 Å². The van der Waals surface area contributed by atoms with Crippen molar-refractivity contribution in [3.63, 3.8) is 0 Å². The highest BCUT2D eigenvalue weighted by Gasteiger charge is 2.52. The molecule has 1 fully saturated rings. The lowest BCUT2D eigenvalue weighted by Crippen LogP contribution is -2.23. The van der Waals surface area contributed by atoms with Gasteiger partial charge in [-0.1, -0.05) is 88.2 Å². The maximum absolute atomic E-state index is 12.4. The van der Waals surface area contributed by atoms with Crippen LogP contribution in [-0.4, -0.2) is 37.8 Å². The molecule has 10 heteroatoms. The molecule has 0 radical (unpaired) electrons. The molecule has 3 aromatic carbocycles. The van der Waals surface area contributed by atoms with Gasteiger partial charge in [-0.15, -0.1) is 5.10 Å². The number of aliphatic hydroxyl groups excluding tert-OH is 1. The lowest BCUT2D eigenvalue weighted by atomic mass is 9.93. The van der Waals surface area contributed by atoms with E-state index in [-0.39, 0.29) is 5.97 Å². The van der Waals surface area contributed by atoms with E-state index in [1.165, 1.54) is 0 Å². The van der Waals surface area contributed by atoms with E-state index >= 15 is 0 Å². The third-order valence-electron chi connectivity index (χ3n) is 7.68. The summed E-state index contributed by atoms with van der Waals surface area (Å²) >= 11 is 12.2. The van der Waals surface area contributed by atoms with Crippen LogP contribution >= 0.6 is 23.2 Å². The summed E-state index contributed by atoms with van der Waals surface area (Å²) in [6.45, 7) is 4.41. The molecular formula is C32H28Cl2N4O4. The first-order chi connectivity index (χ1) is 20.3. The smallest absolute Gasteiger partial charge is 0.316 e. The van der Waals surface area contributed by atoms with Crippen LogP contribution in [0, 0.1) is 6.92 Å². The van der Waals surface area contributed by atoms with Gasteiger partial charge in [0.1, 0.15) is 11.8 Å². The molecule has 214 valence electrons. The topological polar surface area (TPSA) is 103 Å². The zero-order chi connectivity index (χ0) is 29.4. The number of ether oxygens (including phenoxy) is 1. The number of nitrogens with zero attached hydrogens (tertiary/aromatic N) is 4. The summed E-state index contributed by atoms with van der Waals surface area (Å²) in [7, 11) is 0. The molecule has 1 saturated carbocycles. The van der Waals surface area contributed by atoms with E-state index in [1.54, 1.807) is 29.9 Å². The van der Waals surface area contributed by atoms with E-state index in [9.17, 15) is 9.90 Å². The van der Waals surface area contributed by atoms with Crippen LogP contribution in [0.2, 0.25) is 10.0 Å². The van der Waals surface area contributed by atoms with Crippen molar-refractivity contribution in [1.82, 2.24) is 20.2 Å². The van der Waals surface area contributed by atoms with E-state index in [1.807, 2.05) is 61.5 Å². The fourth-order valence-corrected chi connectivity index (χ4v) is 5.52. The molecule has 0 spiro atoms. The summed E-state index contributed by atoms with van der Waals surface area (Å²) in [5.74, 6) is 0.322. The van der Waals surface area contributed by atoms with Gasteiger partial charge in [0, 0.05) is 5.56 Å². The van der Waals surface area contributed by atoms with E-state index < -0.39 is 11.5 Å². The second-order valence-electron chi connectivity index (χ2n) is 10.5. The molecule has 0 bridgehead atoms. The molecule has 1 atom stereocenters. The van der Waals surface area contributed by atoms with Crippen molar-refractivity contribution in [3.8, 4) is 22.5 Å². The summed E-state index contributed by atoms with van der Waals surface area (Å²) in [5, 5.41) is 24.7. The summed E-state index contributed by atoms with van der Waals surface area (Å²) in [4.78, 5) is 12.4. The average molecular weight is 604 g/mol. The third kappa shape index (κ3) is 5.33. The van der Waals surface area contributed by atoms with Crippen molar-refractivity contribution in [3.05, 3.63) is 111 Å². The van der Waals surface area contributed by atoms with E-state index in [4.69, 9.17) is 32.5 Å². The molecule has 5 aromatic rings. The van der Waals surface area contributed by atoms with Gasteiger partial charge in [-0.05, 0) is 61.1 Å². The number of carbonyl (C=O) groups excluding carboxylic acids is 1. The number of hydrogen-bond donors (Lipinski definition) is 1. The predicted octanol–water partition coefficient (Wildman–Crippen LogP) is 6.94. The average Bonchev–Trinajstić information content (AvgIpc) is 3.53. The first kappa shape index (κ1) is 28.2. The lowest BCUT2D eigenvalue weighted by Gasteiger charge is -2.14. The predicted molar refractivity (Wildman–Crippen MR) is 159 cm³/mol. The van der Waals surface area contributed by atoms with Gasteiger partial charge < -0.3 is 14.4 Å². The molecule has 2 aromatic heterocycles. The Bertz CT molecular complexity index is 1740. The molecule has 6 rings (SSSR count).